The molecule has 2 heterocycles. The van der Waals surface area contributed by atoms with Crippen LogP contribution in [0.3, 0.4) is 0 Å². The molecule has 4 heteroatoms. The Morgan fingerprint density at radius 1 is 1.44 bits per heavy atom. The molecule has 1 aromatic carbocycles. The number of hydrogen-bond acceptors (Lipinski definition) is 2. The molecule has 2 nitrogen and oxygen atoms in total. The van der Waals surface area contributed by atoms with Gasteiger partial charge in [-0.25, -0.2) is 4.39 Å². The van der Waals surface area contributed by atoms with Crippen LogP contribution >= 0.6 is 11.6 Å². The summed E-state index contributed by atoms with van der Waals surface area (Å²) in [6.45, 7) is 0. The SMILES string of the molecule is OC(Cc1ccc(F)c(Cl)c1)C1CC2CCC1O2. The fraction of sp³-hybridized carbons (Fsp3) is 0.571. The Hall–Kier alpha value is -0.640. The van der Waals surface area contributed by atoms with E-state index in [9.17, 15) is 9.50 Å². The van der Waals surface area contributed by atoms with Gasteiger partial charge in [-0.1, -0.05) is 17.7 Å². The number of halogens is 2. The molecule has 0 radical (unpaired) electrons. The lowest BCUT2D eigenvalue weighted by atomic mass is 9.83. The molecule has 98 valence electrons. The Kier molecular flexibility index (Phi) is 3.31. The highest BCUT2D eigenvalue weighted by molar-refractivity contribution is 6.30. The van der Waals surface area contributed by atoms with E-state index in [4.69, 9.17) is 16.3 Å². The van der Waals surface area contributed by atoms with Crippen molar-refractivity contribution in [1.82, 2.24) is 0 Å². The van der Waals surface area contributed by atoms with Gasteiger partial charge in [0.25, 0.3) is 0 Å². The van der Waals surface area contributed by atoms with E-state index < -0.39 is 11.9 Å². The van der Waals surface area contributed by atoms with Gasteiger partial charge in [-0.15, -0.1) is 0 Å². The van der Waals surface area contributed by atoms with Gasteiger partial charge in [0.2, 0.25) is 0 Å². The van der Waals surface area contributed by atoms with E-state index >= 15 is 0 Å². The maximum Gasteiger partial charge on any atom is 0.141 e. The van der Waals surface area contributed by atoms with E-state index in [1.807, 2.05) is 0 Å². The first-order chi connectivity index (χ1) is 8.63. The molecule has 0 spiro atoms. The lowest BCUT2D eigenvalue weighted by Gasteiger charge is -2.24. The first-order valence-corrected chi connectivity index (χ1v) is 6.79. The van der Waals surface area contributed by atoms with Crippen molar-refractivity contribution in [2.24, 2.45) is 5.92 Å². The van der Waals surface area contributed by atoms with E-state index in [1.54, 1.807) is 12.1 Å². The molecule has 2 aliphatic rings. The Bertz CT molecular complexity index is 451. The molecule has 2 fully saturated rings. The standard InChI is InChI=1S/C14H16ClFO2/c15-11-5-8(1-3-12(11)16)6-13(17)10-7-9-2-4-14(10)18-9/h1,3,5,9-10,13-14,17H,2,4,6-7H2. The third kappa shape index (κ3) is 2.27. The van der Waals surface area contributed by atoms with Crippen LogP contribution in [0, 0.1) is 11.7 Å². The molecule has 1 N–H and O–H groups in total. The second-order valence-electron chi connectivity index (χ2n) is 5.29. The molecular weight excluding hydrogens is 255 g/mol. The minimum atomic E-state index is -0.429. The molecule has 2 aliphatic heterocycles. The van der Waals surface area contributed by atoms with E-state index in [0.29, 0.717) is 12.5 Å². The second-order valence-corrected chi connectivity index (χ2v) is 5.70. The van der Waals surface area contributed by atoms with Crippen LogP contribution in [-0.4, -0.2) is 23.4 Å². The molecule has 4 unspecified atom stereocenters. The molecule has 3 rings (SSSR count). The zero-order chi connectivity index (χ0) is 12.7. The third-order valence-corrected chi connectivity index (χ3v) is 4.37. The largest absolute Gasteiger partial charge is 0.392 e. The lowest BCUT2D eigenvalue weighted by molar-refractivity contribution is 0.0432. The molecule has 1 aromatic rings. The van der Waals surface area contributed by atoms with Crippen LogP contribution in [0.1, 0.15) is 24.8 Å². The van der Waals surface area contributed by atoms with Crippen molar-refractivity contribution in [2.75, 3.05) is 0 Å². The van der Waals surface area contributed by atoms with E-state index in [2.05, 4.69) is 0 Å². The second kappa shape index (κ2) is 4.80. The maximum atomic E-state index is 13.0. The highest BCUT2D eigenvalue weighted by Crippen LogP contribution is 2.41. The molecule has 2 bridgehead atoms. The Morgan fingerprint density at radius 3 is 2.89 bits per heavy atom. The number of ether oxygens (including phenoxy) is 1. The summed E-state index contributed by atoms with van der Waals surface area (Å²) in [7, 11) is 0. The van der Waals surface area contributed by atoms with Gasteiger partial charge in [0.15, 0.2) is 0 Å². The van der Waals surface area contributed by atoms with Gasteiger partial charge in [-0.3, -0.25) is 0 Å². The average molecular weight is 271 g/mol. The average Bonchev–Trinajstić information content (AvgIpc) is 2.96. The normalized spacial score (nSPS) is 31.8. The van der Waals surface area contributed by atoms with Crippen molar-refractivity contribution >= 4 is 11.6 Å². The summed E-state index contributed by atoms with van der Waals surface area (Å²) in [6.07, 6.45) is 3.75. The summed E-state index contributed by atoms with van der Waals surface area (Å²) in [5, 5.41) is 10.4. The molecule has 4 atom stereocenters. The van der Waals surface area contributed by atoms with Gasteiger partial charge < -0.3 is 9.84 Å². The van der Waals surface area contributed by atoms with Crippen LogP contribution < -0.4 is 0 Å². The first kappa shape index (κ1) is 12.4. The molecule has 0 aromatic heterocycles. The van der Waals surface area contributed by atoms with E-state index in [1.165, 1.54) is 6.07 Å². The smallest absolute Gasteiger partial charge is 0.141 e. The summed E-state index contributed by atoms with van der Waals surface area (Å²) in [5.41, 5.74) is 0.872. The van der Waals surface area contributed by atoms with Crippen LogP contribution in [0.5, 0.6) is 0 Å². The summed E-state index contributed by atoms with van der Waals surface area (Å²) in [4.78, 5) is 0. The van der Waals surface area contributed by atoms with Crippen LogP contribution in [0.15, 0.2) is 18.2 Å². The van der Waals surface area contributed by atoms with Crippen LogP contribution in [0.2, 0.25) is 5.02 Å². The van der Waals surface area contributed by atoms with Crippen molar-refractivity contribution in [3.63, 3.8) is 0 Å². The summed E-state index contributed by atoms with van der Waals surface area (Å²) in [6, 6.07) is 4.62. The minimum absolute atomic E-state index is 0.115. The van der Waals surface area contributed by atoms with Gasteiger partial charge in [0, 0.05) is 5.92 Å². The Morgan fingerprint density at radius 2 is 2.28 bits per heavy atom. The number of benzene rings is 1. The van der Waals surface area contributed by atoms with Crippen molar-refractivity contribution in [3.05, 3.63) is 34.6 Å². The molecule has 2 saturated heterocycles. The fourth-order valence-corrected chi connectivity index (χ4v) is 3.34. The maximum absolute atomic E-state index is 13.0. The number of hydrogen-bond donors (Lipinski definition) is 1. The molecular formula is C14H16ClFO2. The van der Waals surface area contributed by atoms with Gasteiger partial charge in [0.1, 0.15) is 5.82 Å². The highest BCUT2D eigenvalue weighted by atomic mass is 35.5. The fourth-order valence-electron chi connectivity index (χ4n) is 3.14. The van der Waals surface area contributed by atoms with Gasteiger partial charge in [-0.05, 0) is 43.4 Å². The van der Waals surface area contributed by atoms with Gasteiger partial charge in [0.05, 0.1) is 23.3 Å². The highest BCUT2D eigenvalue weighted by Gasteiger charge is 2.43. The lowest BCUT2D eigenvalue weighted by Crippen LogP contribution is -2.30. The number of aliphatic hydroxyl groups excluding tert-OH is 1. The van der Waals surface area contributed by atoms with Crippen LogP contribution in [0.25, 0.3) is 0 Å². The number of rotatable bonds is 3. The number of fused-ring (bicyclic) bond motifs is 2. The molecule has 0 aliphatic carbocycles. The summed E-state index contributed by atoms with van der Waals surface area (Å²) >= 11 is 5.74. The summed E-state index contributed by atoms with van der Waals surface area (Å²) in [5.74, 6) is -0.203. The monoisotopic (exact) mass is 270 g/mol. The third-order valence-electron chi connectivity index (χ3n) is 4.08. The van der Waals surface area contributed by atoms with Crippen molar-refractivity contribution in [3.8, 4) is 0 Å². The predicted octanol–water partition coefficient (Wildman–Crippen LogP) is 2.95. The summed E-state index contributed by atoms with van der Waals surface area (Å²) < 4.78 is 18.8. The van der Waals surface area contributed by atoms with Gasteiger partial charge >= 0.3 is 0 Å². The minimum Gasteiger partial charge on any atom is -0.392 e. The number of aliphatic hydroxyl groups is 1. The Balaban J connectivity index is 1.67. The van der Waals surface area contributed by atoms with Crippen molar-refractivity contribution in [1.29, 1.82) is 0 Å². The quantitative estimate of drug-likeness (QED) is 0.915. The molecule has 18 heavy (non-hydrogen) atoms. The first-order valence-electron chi connectivity index (χ1n) is 6.41. The van der Waals surface area contributed by atoms with E-state index in [-0.39, 0.29) is 17.0 Å². The molecule has 0 saturated carbocycles. The molecule has 0 amide bonds. The van der Waals surface area contributed by atoms with Crippen molar-refractivity contribution in [2.45, 2.75) is 44.0 Å². The van der Waals surface area contributed by atoms with Crippen LogP contribution in [0.4, 0.5) is 4.39 Å². The van der Waals surface area contributed by atoms with Crippen LogP contribution in [-0.2, 0) is 11.2 Å². The zero-order valence-corrected chi connectivity index (χ0v) is 10.7. The van der Waals surface area contributed by atoms with Gasteiger partial charge in [-0.2, -0.15) is 0 Å². The van der Waals surface area contributed by atoms with Crippen molar-refractivity contribution < 1.29 is 14.2 Å². The zero-order valence-electron chi connectivity index (χ0n) is 9.98. The topological polar surface area (TPSA) is 29.5 Å². The predicted molar refractivity (Wildman–Crippen MR) is 67.1 cm³/mol. The Labute approximate surface area is 111 Å². The van der Waals surface area contributed by atoms with E-state index in [0.717, 1.165) is 24.8 Å².